The molecule has 7 nitrogen and oxygen atoms in total. The first-order valence-corrected chi connectivity index (χ1v) is 8.07. The summed E-state index contributed by atoms with van der Waals surface area (Å²) in [4.78, 5) is 7.98. The first kappa shape index (κ1) is 15.6. The zero-order valence-corrected chi connectivity index (χ0v) is 12.8. The lowest BCUT2D eigenvalue weighted by Gasteiger charge is -2.10. The van der Waals surface area contributed by atoms with E-state index in [1.54, 1.807) is 24.5 Å². The van der Waals surface area contributed by atoms with Gasteiger partial charge in [0.2, 0.25) is 10.0 Å². The Morgan fingerprint density at radius 2 is 2.19 bits per heavy atom. The molecule has 0 unspecified atom stereocenters. The van der Waals surface area contributed by atoms with Gasteiger partial charge < -0.3 is 10.3 Å². The van der Waals surface area contributed by atoms with Crippen LogP contribution in [0.3, 0.4) is 0 Å². The summed E-state index contributed by atoms with van der Waals surface area (Å²) in [5.74, 6) is 0. The monoisotopic (exact) mass is 309 g/mol. The zero-order valence-electron chi connectivity index (χ0n) is 12.0. The maximum absolute atomic E-state index is 12.3. The average Bonchev–Trinajstić information content (AvgIpc) is 2.92. The molecule has 0 bridgehead atoms. The van der Waals surface area contributed by atoms with Crippen LogP contribution in [0.4, 0.5) is 0 Å². The van der Waals surface area contributed by atoms with E-state index in [9.17, 15) is 8.42 Å². The minimum Gasteiger partial charge on any atom is -0.346 e. The molecule has 21 heavy (non-hydrogen) atoms. The number of hydrogen-bond donors (Lipinski definition) is 2. The number of sulfonamides is 1. The molecule has 0 saturated carbocycles. The van der Waals surface area contributed by atoms with E-state index in [1.165, 1.54) is 6.33 Å². The van der Waals surface area contributed by atoms with Crippen molar-refractivity contribution in [2.24, 2.45) is 5.73 Å². The molecule has 2 rings (SSSR count). The Morgan fingerprint density at radius 1 is 1.43 bits per heavy atom. The van der Waals surface area contributed by atoms with E-state index in [0.717, 1.165) is 5.69 Å². The molecule has 0 aliphatic rings. The van der Waals surface area contributed by atoms with E-state index in [1.807, 2.05) is 18.4 Å². The molecule has 0 atom stereocenters. The average molecular weight is 309 g/mol. The van der Waals surface area contributed by atoms with Gasteiger partial charge in [0, 0.05) is 30.7 Å². The summed E-state index contributed by atoms with van der Waals surface area (Å²) in [6.07, 6.45) is 4.55. The van der Waals surface area contributed by atoms with Crippen molar-refractivity contribution >= 4 is 10.0 Å². The zero-order chi connectivity index (χ0) is 15.5. The van der Waals surface area contributed by atoms with Gasteiger partial charge in [-0.2, -0.15) is 0 Å². The highest BCUT2D eigenvalue weighted by Gasteiger charge is 2.18. The smallest absolute Gasteiger partial charge is 0.242 e. The normalized spacial score (nSPS) is 12.0. The largest absolute Gasteiger partial charge is 0.346 e. The van der Waals surface area contributed by atoms with Crippen LogP contribution in [0.15, 0.2) is 35.7 Å². The third-order valence-electron chi connectivity index (χ3n) is 3.07. The van der Waals surface area contributed by atoms with Crippen LogP contribution in [0.25, 0.3) is 0 Å². The van der Waals surface area contributed by atoms with Gasteiger partial charge in [0.05, 0.1) is 17.1 Å². The summed E-state index contributed by atoms with van der Waals surface area (Å²) in [6.45, 7) is 4.36. The second-order valence-electron chi connectivity index (χ2n) is 4.90. The highest BCUT2D eigenvalue weighted by atomic mass is 32.2. The molecule has 0 amide bonds. The summed E-state index contributed by atoms with van der Waals surface area (Å²) in [7, 11) is -3.59. The number of nitrogens with one attached hydrogen (secondary N) is 1. The number of nitrogens with zero attached hydrogens (tertiary/aromatic N) is 3. The third-order valence-corrected chi connectivity index (χ3v) is 4.44. The van der Waals surface area contributed by atoms with Gasteiger partial charge in [0.1, 0.15) is 6.33 Å². The van der Waals surface area contributed by atoms with Crippen molar-refractivity contribution in [2.45, 2.75) is 37.9 Å². The second-order valence-corrected chi connectivity index (χ2v) is 6.66. The van der Waals surface area contributed by atoms with Gasteiger partial charge in [-0.25, -0.2) is 23.1 Å². The van der Waals surface area contributed by atoms with E-state index < -0.39 is 10.0 Å². The van der Waals surface area contributed by atoms with Gasteiger partial charge in [-0.15, -0.1) is 0 Å². The predicted molar refractivity (Wildman–Crippen MR) is 78.8 cm³/mol. The minimum atomic E-state index is -3.59. The molecule has 3 N–H and O–H groups in total. The molecule has 0 aromatic carbocycles. The van der Waals surface area contributed by atoms with Gasteiger partial charge >= 0.3 is 0 Å². The van der Waals surface area contributed by atoms with E-state index in [0.29, 0.717) is 12.2 Å². The number of aromatic nitrogens is 3. The standard InChI is InChI=1S/C13H19N5O2S/c1-10(2)18-8-13(5-12(18)6-14)21(19,20)17-7-11-3-4-15-9-16-11/h3-5,8-10,17H,6-7,14H2,1-2H3. The predicted octanol–water partition coefficient (Wildman–Crippen LogP) is 0.796. The van der Waals surface area contributed by atoms with Gasteiger partial charge in [-0.1, -0.05) is 0 Å². The molecule has 8 heteroatoms. The molecule has 2 aromatic rings. The lowest BCUT2D eigenvalue weighted by Crippen LogP contribution is -2.23. The Morgan fingerprint density at radius 3 is 2.71 bits per heavy atom. The van der Waals surface area contributed by atoms with Crippen LogP contribution in [0, 0.1) is 0 Å². The van der Waals surface area contributed by atoms with Crippen LogP contribution >= 0.6 is 0 Å². The fourth-order valence-corrected chi connectivity index (χ4v) is 3.01. The highest BCUT2D eigenvalue weighted by molar-refractivity contribution is 7.89. The van der Waals surface area contributed by atoms with Crippen molar-refractivity contribution in [3.63, 3.8) is 0 Å². The summed E-state index contributed by atoms with van der Waals surface area (Å²) in [5.41, 5.74) is 7.05. The van der Waals surface area contributed by atoms with Crippen LogP contribution in [-0.2, 0) is 23.1 Å². The first-order valence-electron chi connectivity index (χ1n) is 6.59. The molecule has 114 valence electrons. The maximum atomic E-state index is 12.3. The Bertz CT molecular complexity index is 695. The SMILES string of the molecule is CC(C)n1cc(S(=O)(=O)NCc2ccncn2)cc1CN. The molecule has 0 aliphatic heterocycles. The Labute approximate surface area is 124 Å². The second kappa shape index (κ2) is 6.33. The lowest BCUT2D eigenvalue weighted by atomic mass is 10.3. The molecule has 0 radical (unpaired) electrons. The third kappa shape index (κ3) is 3.66. The van der Waals surface area contributed by atoms with Crippen LogP contribution < -0.4 is 10.5 Å². The highest BCUT2D eigenvalue weighted by Crippen LogP contribution is 2.18. The van der Waals surface area contributed by atoms with Gasteiger partial charge in [-0.05, 0) is 26.0 Å². The van der Waals surface area contributed by atoms with Gasteiger partial charge in [0.25, 0.3) is 0 Å². The van der Waals surface area contributed by atoms with Crippen molar-refractivity contribution < 1.29 is 8.42 Å². The van der Waals surface area contributed by atoms with Crippen molar-refractivity contribution in [1.82, 2.24) is 19.3 Å². The number of nitrogens with two attached hydrogens (primary N) is 1. The van der Waals surface area contributed by atoms with Crippen LogP contribution in [0.2, 0.25) is 0 Å². The Hall–Kier alpha value is -1.77. The Kier molecular flexibility index (Phi) is 4.71. The fraction of sp³-hybridized carbons (Fsp3) is 0.385. The van der Waals surface area contributed by atoms with E-state index >= 15 is 0 Å². The lowest BCUT2D eigenvalue weighted by molar-refractivity contribution is 0.569. The first-order chi connectivity index (χ1) is 9.94. The number of rotatable bonds is 6. The summed E-state index contributed by atoms with van der Waals surface area (Å²) >= 11 is 0. The topological polar surface area (TPSA) is 103 Å². The van der Waals surface area contributed by atoms with Crippen LogP contribution in [0.1, 0.15) is 31.3 Å². The molecule has 0 saturated heterocycles. The minimum absolute atomic E-state index is 0.121. The van der Waals surface area contributed by atoms with E-state index in [-0.39, 0.29) is 17.5 Å². The van der Waals surface area contributed by atoms with Crippen molar-refractivity contribution in [3.05, 3.63) is 42.2 Å². The Balaban J connectivity index is 2.20. The summed E-state index contributed by atoms with van der Waals surface area (Å²) in [5, 5.41) is 0. The molecule has 0 aliphatic carbocycles. The van der Waals surface area contributed by atoms with E-state index in [4.69, 9.17) is 5.73 Å². The molecular weight excluding hydrogens is 290 g/mol. The molecule has 0 spiro atoms. The van der Waals surface area contributed by atoms with Crippen molar-refractivity contribution in [2.75, 3.05) is 0 Å². The quantitative estimate of drug-likeness (QED) is 0.821. The van der Waals surface area contributed by atoms with Gasteiger partial charge in [0.15, 0.2) is 0 Å². The summed E-state index contributed by atoms with van der Waals surface area (Å²) < 4.78 is 29.0. The van der Waals surface area contributed by atoms with Crippen molar-refractivity contribution in [1.29, 1.82) is 0 Å². The number of hydrogen-bond acceptors (Lipinski definition) is 5. The molecule has 2 aromatic heterocycles. The van der Waals surface area contributed by atoms with Gasteiger partial charge in [-0.3, -0.25) is 0 Å². The molecular formula is C13H19N5O2S. The molecule has 0 fully saturated rings. The summed E-state index contributed by atoms with van der Waals surface area (Å²) in [6, 6.07) is 3.41. The van der Waals surface area contributed by atoms with E-state index in [2.05, 4.69) is 14.7 Å². The maximum Gasteiger partial charge on any atom is 0.242 e. The fourth-order valence-electron chi connectivity index (χ4n) is 1.96. The van der Waals surface area contributed by atoms with Crippen LogP contribution in [0.5, 0.6) is 0 Å². The van der Waals surface area contributed by atoms with Crippen LogP contribution in [-0.4, -0.2) is 23.0 Å². The van der Waals surface area contributed by atoms with Crippen molar-refractivity contribution in [3.8, 4) is 0 Å². The molecule has 2 heterocycles.